The number of carbonyl (C=O) groups is 1. The number of hydrogen-bond acceptors (Lipinski definition) is 5. The highest BCUT2D eigenvalue weighted by Gasteiger charge is 2.25. The summed E-state index contributed by atoms with van der Waals surface area (Å²) in [6, 6.07) is 6.46. The molecule has 1 aromatic carbocycles. The van der Waals surface area contributed by atoms with Crippen LogP contribution in [0.4, 0.5) is 11.4 Å². The van der Waals surface area contributed by atoms with Crippen LogP contribution >= 0.6 is 0 Å². The standard InChI is InChI=1S/C20H28N4O3/c1-4-23-14-19(13-22-23)24(17-7-9-27-10-8-17)18-5-6-20(26-3)16(11-18)12-21-15(2)25/h5-6,11,13-14,17H,4,7-10,12H2,1-3H3,(H,21,25). The maximum absolute atomic E-state index is 11.4. The van der Waals surface area contributed by atoms with E-state index < -0.39 is 0 Å². The van der Waals surface area contributed by atoms with Gasteiger partial charge in [0.2, 0.25) is 5.91 Å². The third kappa shape index (κ3) is 4.60. The summed E-state index contributed by atoms with van der Waals surface area (Å²) in [5.74, 6) is 0.705. The van der Waals surface area contributed by atoms with Gasteiger partial charge in [-0.3, -0.25) is 9.48 Å². The number of aromatic nitrogens is 2. The molecule has 1 aromatic heterocycles. The molecule has 1 saturated heterocycles. The van der Waals surface area contributed by atoms with Gasteiger partial charge in [-0.1, -0.05) is 0 Å². The minimum Gasteiger partial charge on any atom is -0.496 e. The second-order valence-electron chi connectivity index (χ2n) is 6.67. The van der Waals surface area contributed by atoms with Crippen molar-refractivity contribution in [3.63, 3.8) is 0 Å². The molecule has 0 unspecified atom stereocenters. The number of rotatable bonds is 7. The molecule has 1 N–H and O–H groups in total. The topological polar surface area (TPSA) is 68.6 Å². The average molecular weight is 372 g/mol. The predicted molar refractivity (Wildman–Crippen MR) is 104 cm³/mol. The number of carbonyl (C=O) groups excluding carboxylic acids is 1. The Morgan fingerprint density at radius 1 is 1.37 bits per heavy atom. The van der Waals surface area contributed by atoms with Gasteiger partial charge in [-0.2, -0.15) is 5.10 Å². The summed E-state index contributed by atoms with van der Waals surface area (Å²) in [5.41, 5.74) is 3.09. The molecule has 0 saturated carbocycles. The van der Waals surface area contributed by atoms with Crippen LogP contribution in [-0.2, 0) is 22.6 Å². The number of aryl methyl sites for hydroxylation is 1. The summed E-state index contributed by atoms with van der Waals surface area (Å²) in [5, 5.41) is 7.31. The van der Waals surface area contributed by atoms with Crippen molar-refractivity contribution < 1.29 is 14.3 Å². The minimum atomic E-state index is -0.0621. The minimum absolute atomic E-state index is 0.0621. The first kappa shape index (κ1) is 19.2. The zero-order valence-electron chi connectivity index (χ0n) is 16.3. The van der Waals surface area contributed by atoms with Crippen molar-refractivity contribution in [3.05, 3.63) is 36.2 Å². The Morgan fingerprint density at radius 3 is 2.78 bits per heavy atom. The van der Waals surface area contributed by atoms with Gasteiger partial charge in [0.15, 0.2) is 0 Å². The van der Waals surface area contributed by atoms with Crippen molar-refractivity contribution in [2.24, 2.45) is 0 Å². The van der Waals surface area contributed by atoms with Gasteiger partial charge in [-0.05, 0) is 38.0 Å². The number of ether oxygens (including phenoxy) is 2. The van der Waals surface area contributed by atoms with Crippen molar-refractivity contribution >= 4 is 17.3 Å². The van der Waals surface area contributed by atoms with Gasteiger partial charge in [0.25, 0.3) is 0 Å². The van der Waals surface area contributed by atoms with E-state index in [1.807, 2.05) is 16.9 Å². The molecule has 7 heteroatoms. The second kappa shape index (κ2) is 8.90. The molecule has 0 spiro atoms. The largest absolute Gasteiger partial charge is 0.496 e. The summed E-state index contributed by atoms with van der Waals surface area (Å²) in [4.78, 5) is 13.7. The van der Waals surface area contributed by atoms with Crippen LogP contribution in [0.5, 0.6) is 5.75 Å². The van der Waals surface area contributed by atoms with E-state index in [9.17, 15) is 4.79 Å². The molecule has 2 aromatic rings. The normalized spacial score (nSPS) is 14.8. The zero-order valence-corrected chi connectivity index (χ0v) is 16.3. The molecule has 1 aliphatic heterocycles. The van der Waals surface area contributed by atoms with Crippen LogP contribution in [0.3, 0.4) is 0 Å². The van der Waals surface area contributed by atoms with Crippen LogP contribution in [0.1, 0.15) is 32.3 Å². The molecule has 3 rings (SSSR count). The Balaban J connectivity index is 1.97. The van der Waals surface area contributed by atoms with Crippen LogP contribution < -0.4 is 15.0 Å². The Morgan fingerprint density at radius 2 is 2.15 bits per heavy atom. The lowest BCUT2D eigenvalue weighted by atomic mass is 10.0. The fourth-order valence-corrected chi connectivity index (χ4v) is 3.44. The van der Waals surface area contributed by atoms with Crippen LogP contribution in [0.2, 0.25) is 0 Å². The molecule has 2 heterocycles. The van der Waals surface area contributed by atoms with E-state index in [0.717, 1.165) is 55.3 Å². The third-order valence-electron chi connectivity index (χ3n) is 4.85. The van der Waals surface area contributed by atoms with Crippen molar-refractivity contribution in [1.82, 2.24) is 15.1 Å². The number of nitrogens with one attached hydrogen (secondary N) is 1. The van der Waals surface area contributed by atoms with Crippen LogP contribution in [0.15, 0.2) is 30.6 Å². The smallest absolute Gasteiger partial charge is 0.217 e. The van der Waals surface area contributed by atoms with Crippen LogP contribution in [-0.4, -0.2) is 42.1 Å². The number of hydrogen-bond donors (Lipinski definition) is 1. The molecule has 0 radical (unpaired) electrons. The predicted octanol–water partition coefficient (Wildman–Crippen LogP) is 2.86. The molecule has 1 aliphatic rings. The first-order valence-electron chi connectivity index (χ1n) is 9.43. The summed E-state index contributed by atoms with van der Waals surface area (Å²) in [6.45, 7) is 6.38. The molecule has 27 heavy (non-hydrogen) atoms. The van der Waals surface area contributed by atoms with Crippen molar-refractivity contribution in [3.8, 4) is 5.75 Å². The van der Waals surface area contributed by atoms with Crippen molar-refractivity contribution in [1.29, 1.82) is 0 Å². The monoisotopic (exact) mass is 372 g/mol. The number of nitrogens with zero attached hydrogens (tertiary/aromatic N) is 3. The van der Waals surface area contributed by atoms with Crippen molar-refractivity contribution in [2.45, 2.75) is 45.8 Å². The third-order valence-corrected chi connectivity index (χ3v) is 4.85. The number of anilines is 2. The number of benzene rings is 1. The Bertz CT molecular complexity index is 768. The van der Waals surface area contributed by atoms with Crippen LogP contribution in [0, 0.1) is 0 Å². The van der Waals surface area contributed by atoms with Crippen molar-refractivity contribution in [2.75, 3.05) is 25.2 Å². The maximum Gasteiger partial charge on any atom is 0.217 e. The summed E-state index contributed by atoms with van der Waals surface area (Å²) < 4.78 is 13.0. The fraction of sp³-hybridized carbons (Fsp3) is 0.500. The molecular formula is C20H28N4O3. The van der Waals surface area contributed by atoms with E-state index in [4.69, 9.17) is 9.47 Å². The fourth-order valence-electron chi connectivity index (χ4n) is 3.44. The van der Waals surface area contributed by atoms with E-state index in [2.05, 4.69) is 40.6 Å². The molecule has 0 aliphatic carbocycles. The SMILES string of the molecule is CCn1cc(N(c2ccc(OC)c(CNC(C)=O)c2)C2CCOCC2)cn1. The number of methoxy groups -OCH3 is 1. The Kier molecular flexibility index (Phi) is 6.34. The highest BCUT2D eigenvalue weighted by Crippen LogP contribution is 2.34. The van der Waals surface area contributed by atoms with Gasteiger partial charge in [0.1, 0.15) is 5.75 Å². The van der Waals surface area contributed by atoms with Gasteiger partial charge in [-0.15, -0.1) is 0 Å². The lowest BCUT2D eigenvalue weighted by Crippen LogP contribution is -2.36. The Labute approximate surface area is 160 Å². The summed E-state index contributed by atoms with van der Waals surface area (Å²) in [7, 11) is 1.65. The first-order valence-corrected chi connectivity index (χ1v) is 9.43. The summed E-state index contributed by atoms with van der Waals surface area (Å²) in [6.07, 6.45) is 5.92. The average Bonchev–Trinajstić information content (AvgIpc) is 3.16. The van der Waals surface area contributed by atoms with Gasteiger partial charge >= 0.3 is 0 Å². The Hall–Kier alpha value is -2.54. The zero-order chi connectivity index (χ0) is 19.2. The van der Waals surface area contributed by atoms with E-state index in [0.29, 0.717) is 12.6 Å². The summed E-state index contributed by atoms with van der Waals surface area (Å²) >= 11 is 0. The van der Waals surface area contributed by atoms with E-state index in [1.165, 1.54) is 6.92 Å². The van der Waals surface area contributed by atoms with Gasteiger partial charge in [-0.25, -0.2) is 0 Å². The van der Waals surface area contributed by atoms with Gasteiger partial charge < -0.3 is 19.7 Å². The molecular weight excluding hydrogens is 344 g/mol. The quantitative estimate of drug-likeness (QED) is 0.809. The molecule has 1 fully saturated rings. The second-order valence-corrected chi connectivity index (χ2v) is 6.67. The highest BCUT2D eigenvalue weighted by atomic mass is 16.5. The van der Waals surface area contributed by atoms with E-state index in [-0.39, 0.29) is 5.91 Å². The van der Waals surface area contributed by atoms with E-state index >= 15 is 0 Å². The molecule has 1 amide bonds. The van der Waals surface area contributed by atoms with Crippen LogP contribution in [0.25, 0.3) is 0 Å². The lowest BCUT2D eigenvalue weighted by Gasteiger charge is -2.35. The maximum atomic E-state index is 11.4. The van der Waals surface area contributed by atoms with E-state index in [1.54, 1.807) is 7.11 Å². The lowest BCUT2D eigenvalue weighted by molar-refractivity contribution is -0.119. The molecule has 0 atom stereocenters. The van der Waals surface area contributed by atoms with Gasteiger partial charge in [0.05, 0.1) is 19.0 Å². The molecule has 0 bridgehead atoms. The molecule has 7 nitrogen and oxygen atoms in total. The highest BCUT2D eigenvalue weighted by molar-refractivity contribution is 5.73. The first-order chi connectivity index (χ1) is 13.1. The van der Waals surface area contributed by atoms with Gasteiger partial charge in [0, 0.05) is 56.7 Å². The number of amides is 1. The molecule has 146 valence electrons.